The van der Waals surface area contributed by atoms with Crippen molar-refractivity contribution in [3.05, 3.63) is 41.7 Å². The van der Waals surface area contributed by atoms with Gasteiger partial charge in [0, 0.05) is 18.5 Å². The third-order valence-electron chi connectivity index (χ3n) is 4.58. The second-order valence-electron chi connectivity index (χ2n) is 6.24. The molecule has 3 aromatic rings. The van der Waals surface area contributed by atoms with Crippen molar-refractivity contribution in [2.24, 2.45) is 5.92 Å². The van der Waals surface area contributed by atoms with Gasteiger partial charge < -0.3 is 14.9 Å². The van der Waals surface area contributed by atoms with Crippen molar-refractivity contribution in [1.29, 1.82) is 0 Å². The fraction of sp³-hybridized carbons (Fsp3) is 0.375. The number of hydrogen-bond acceptors (Lipinski definition) is 4. The van der Waals surface area contributed by atoms with E-state index in [-0.39, 0.29) is 31.8 Å². The van der Waals surface area contributed by atoms with Gasteiger partial charge >= 0.3 is 6.18 Å². The molecule has 0 unspecified atom stereocenters. The van der Waals surface area contributed by atoms with Crippen molar-refractivity contribution in [2.75, 3.05) is 0 Å². The van der Waals surface area contributed by atoms with E-state index in [2.05, 4.69) is 25.5 Å². The molecule has 10 heteroatoms. The van der Waals surface area contributed by atoms with Crippen LogP contribution < -0.4 is 5.32 Å². The Labute approximate surface area is 145 Å². The average Bonchev–Trinajstić information content (AvgIpc) is 3.24. The van der Waals surface area contributed by atoms with Crippen molar-refractivity contribution in [3.63, 3.8) is 0 Å². The average molecular weight is 364 g/mol. The van der Waals surface area contributed by atoms with Gasteiger partial charge in [-0.1, -0.05) is 0 Å². The monoisotopic (exact) mass is 364 g/mol. The number of aryl methyl sites for hydroxylation is 1. The fourth-order valence-electron chi connectivity index (χ4n) is 3.12. The summed E-state index contributed by atoms with van der Waals surface area (Å²) in [6, 6.07) is 5.02. The van der Waals surface area contributed by atoms with E-state index < -0.39 is 12.1 Å². The normalized spacial score (nSPS) is 17.3. The zero-order valence-electron chi connectivity index (χ0n) is 13.5. The van der Waals surface area contributed by atoms with Gasteiger partial charge in [0.2, 0.25) is 0 Å². The summed E-state index contributed by atoms with van der Waals surface area (Å²) in [6.07, 6.45) is -2.48. The second kappa shape index (κ2) is 6.11. The first-order valence-corrected chi connectivity index (χ1v) is 8.11. The Morgan fingerprint density at radius 3 is 3.00 bits per heavy atom. The Hall–Kier alpha value is -2.91. The molecule has 3 heterocycles. The maximum atomic E-state index is 13.0. The van der Waals surface area contributed by atoms with Crippen molar-refractivity contribution in [3.8, 4) is 0 Å². The number of halogens is 3. The third-order valence-corrected chi connectivity index (χ3v) is 4.58. The fourth-order valence-corrected chi connectivity index (χ4v) is 3.12. The summed E-state index contributed by atoms with van der Waals surface area (Å²) >= 11 is 0. The minimum absolute atomic E-state index is 0.0113. The Kier molecular flexibility index (Phi) is 3.89. The molecule has 0 spiro atoms. The minimum Gasteiger partial charge on any atom is -0.345 e. The number of rotatable bonds is 3. The van der Waals surface area contributed by atoms with E-state index in [1.807, 2.05) is 0 Å². The Bertz CT molecular complexity index is 960. The molecule has 0 fully saturated rings. The van der Waals surface area contributed by atoms with E-state index in [0.29, 0.717) is 17.2 Å². The highest BCUT2D eigenvalue weighted by Gasteiger charge is 2.42. The summed E-state index contributed by atoms with van der Waals surface area (Å²) in [5.74, 6) is -0.913. The Balaban J connectivity index is 1.47. The minimum atomic E-state index is -4.25. The summed E-state index contributed by atoms with van der Waals surface area (Å²) in [7, 11) is 0. The van der Waals surface area contributed by atoms with Gasteiger partial charge in [-0.25, -0.2) is 4.98 Å². The molecule has 1 atom stereocenters. The summed E-state index contributed by atoms with van der Waals surface area (Å²) in [6.45, 7) is -0.200. The molecule has 26 heavy (non-hydrogen) atoms. The predicted octanol–water partition coefficient (Wildman–Crippen LogP) is 2.21. The van der Waals surface area contributed by atoms with E-state index in [4.69, 9.17) is 0 Å². The van der Waals surface area contributed by atoms with Crippen LogP contribution in [0.2, 0.25) is 0 Å². The first-order valence-electron chi connectivity index (χ1n) is 8.11. The molecule has 0 bridgehead atoms. The largest absolute Gasteiger partial charge is 0.393 e. The van der Waals surface area contributed by atoms with Crippen molar-refractivity contribution < 1.29 is 18.0 Å². The molecule has 0 radical (unpaired) electrons. The van der Waals surface area contributed by atoms with Crippen LogP contribution in [-0.2, 0) is 19.5 Å². The van der Waals surface area contributed by atoms with Crippen LogP contribution in [0.3, 0.4) is 0 Å². The molecule has 1 aromatic carbocycles. The molecular weight excluding hydrogens is 349 g/mol. The van der Waals surface area contributed by atoms with Crippen molar-refractivity contribution in [1.82, 2.24) is 30.0 Å². The lowest BCUT2D eigenvalue weighted by atomic mass is 9.99. The van der Waals surface area contributed by atoms with Gasteiger partial charge in [0.25, 0.3) is 5.91 Å². The van der Waals surface area contributed by atoms with Crippen LogP contribution in [-0.4, -0.2) is 36.8 Å². The first kappa shape index (κ1) is 16.6. The number of fused-ring (bicyclic) bond motifs is 2. The smallest absolute Gasteiger partial charge is 0.345 e. The SMILES string of the molecule is O=C(NCc1nnc2n1C[C@H](C(F)(F)F)CC2)c1ccc2nc[nH]c2c1. The van der Waals surface area contributed by atoms with Crippen molar-refractivity contribution in [2.45, 2.75) is 32.1 Å². The number of aromatic amines is 1. The summed E-state index contributed by atoms with van der Waals surface area (Å²) in [4.78, 5) is 19.3. The quantitative estimate of drug-likeness (QED) is 0.746. The van der Waals surface area contributed by atoms with Gasteiger partial charge in [-0.2, -0.15) is 13.2 Å². The molecule has 2 N–H and O–H groups in total. The van der Waals surface area contributed by atoms with Crippen LogP contribution in [0.5, 0.6) is 0 Å². The molecule has 1 aliphatic heterocycles. The molecule has 2 aromatic heterocycles. The number of hydrogen-bond donors (Lipinski definition) is 2. The highest BCUT2D eigenvalue weighted by atomic mass is 19.4. The third kappa shape index (κ3) is 3.02. The second-order valence-corrected chi connectivity index (χ2v) is 6.24. The molecule has 7 nitrogen and oxygen atoms in total. The molecule has 136 valence electrons. The number of carbonyl (C=O) groups excluding carboxylic acids is 1. The zero-order chi connectivity index (χ0) is 18.3. The summed E-state index contributed by atoms with van der Waals surface area (Å²) in [5.41, 5.74) is 1.89. The maximum absolute atomic E-state index is 13.0. The molecule has 0 aliphatic carbocycles. The van der Waals surface area contributed by atoms with Crippen LogP contribution in [0, 0.1) is 5.92 Å². The topological polar surface area (TPSA) is 88.5 Å². The van der Waals surface area contributed by atoms with E-state index in [1.54, 1.807) is 18.2 Å². The van der Waals surface area contributed by atoms with Crippen molar-refractivity contribution >= 4 is 16.9 Å². The Morgan fingerprint density at radius 2 is 2.19 bits per heavy atom. The lowest BCUT2D eigenvalue weighted by Gasteiger charge is -2.26. The number of alkyl halides is 3. The standard InChI is InChI=1S/C16H15F3N6O/c17-16(18,19)10-2-4-13-23-24-14(25(13)7-10)6-20-15(26)9-1-3-11-12(5-9)22-8-21-11/h1,3,5,8,10H,2,4,6-7H2,(H,20,26)(H,21,22)/t10-/m1/s1. The highest BCUT2D eigenvalue weighted by molar-refractivity contribution is 5.97. The molecule has 0 saturated heterocycles. The number of imidazole rings is 1. The molecule has 1 amide bonds. The van der Waals surface area contributed by atoms with Crippen LogP contribution in [0.4, 0.5) is 13.2 Å². The maximum Gasteiger partial charge on any atom is 0.393 e. The number of nitrogens with one attached hydrogen (secondary N) is 2. The lowest BCUT2D eigenvalue weighted by Crippen LogP contribution is -2.33. The van der Waals surface area contributed by atoms with Gasteiger partial charge in [0.15, 0.2) is 5.82 Å². The number of carbonyl (C=O) groups is 1. The summed E-state index contributed by atoms with van der Waals surface area (Å²) < 4.78 is 40.4. The van der Waals surface area contributed by atoms with Gasteiger partial charge in [-0.3, -0.25) is 4.79 Å². The number of amides is 1. The Morgan fingerprint density at radius 1 is 1.35 bits per heavy atom. The highest BCUT2D eigenvalue weighted by Crippen LogP contribution is 2.34. The van der Waals surface area contributed by atoms with Crippen LogP contribution in [0.15, 0.2) is 24.5 Å². The first-order chi connectivity index (χ1) is 12.4. The van der Waals surface area contributed by atoms with Crippen LogP contribution in [0.1, 0.15) is 28.4 Å². The zero-order valence-corrected chi connectivity index (χ0v) is 13.5. The van der Waals surface area contributed by atoms with Gasteiger partial charge in [0.1, 0.15) is 5.82 Å². The number of nitrogens with zero attached hydrogens (tertiary/aromatic N) is 4. The van der Waals surface area contributed by atoms with Crippen LogP contribution in [0.25, 0.3) is 11.0 Å². The predicted molar refractivity (Wildman–Crippen MR) is 85.2 cm³/mol. The van der Waals surface area contributed by atoms with E-state index in [1.165, 1.54) is 10.9 Å². The van der Waals surface area contributed by atoms with Gasteiger partial charge in [-0.05, 0) is 24.6 Å². The number of H-pyrrole nitrogens is 1. The summed E-state index contributed by atoms with van der Waals surface area (Å²) in [5, 5.41) is 10.6. The molecule has 1 aliphatic rings. The van der Waals surface area contributed by atoms with Gasteiger partial charge in [-0.15, -0.1) is 10.2 Å². The molecule has 0 saturated carbocycles. The number of benzene rings is 1. The van der Waals surface area contributed by atoms with Gasteiger partial charge in [0.05, 0.1) is 29.8 Å². The van der Waals surface area contributed by atoms with E-state index in [0.717, 1.165) is 11.0 Å². The number of aromatic nitrogens is 5. The molecular formula is C16H15F3N6O. The van der Waals surface area contributed by atoms with E-state index >= 15 is 0 Å². The molecule has 4 rings (SSSR count). The van der Waals surface area contributed by atoms with E-state index in [9.17, 15) is 18.0 Å². The lowest BCUT2D eigenvalue weighted by molar-refractivity contribution is -0.182. The van der Waals surface area contributed by atoms with Crippen LogP contribution >= 0.6 is 0 Å².